The Balaban J connectivity index is 1.51. The maximum absolute atomic E-state index is 12.6. The van der Waals surface area contributed by atoms with Gasteiger partial charge in [-0.3, -0.25) is 0 Å². The van der Waals surface area contributed by atoms with E-state index in [1.54, 1.807) is 0 Å². The molecule has 4 nitrogen and oxygen atoms in total. The molecular formula is C21H26N2O2. The summed E-state index contributed by atoms with van der Waals surface area (Å²) in [7, 11) is 0. The van der Waals surface area contributed by atoms with Crippen LogP contribution in [0.15, 0.2) is 54.6 Å². The topological polar surface area (TPSA) is 52.6 Å². The Labute approximate surface area is 149 Å². The molecule has 0 radical (unpaired) electrons. The first-order valence-corrected chi connectivity index (χ1v) is 9.03. The molecule has 1 fully saturated rings. The van der Waals surface area contributed by atoms with Crippen molar-refractivity contribution < 1.29 is 9.90 Å². The molecule has 2 aromatic carbocycles. The highest BCUT2D eigenvalue weighted by atomic mass is 16.3. The number of benzene rings is 2. The van der Waals surface area contributed by atoms with Crippen LogP contribution in [0.3, 0.4) is 0 Å². The van der Waals surface area contributed by atoms with E-state index >= 15 is 0 Å². The van der Waals surface area contributed by atoms with Gasteiger partial charge < -0.3 is 15.3 Å². The number of rotatable bonds is 6. The molecule has 2 aromatic rings. The normalized spacial score (nSPS) is 16.8. The Bertz CT molecular complexity index is 687. The molecule has 0 bridgehead atoms. The zero-order valence-corrected chi connectivity index (χ0v) is 14.5. The van der Waals surface area contributed by atoms with Gasteiger partial charge in [0, 0.05) is 19.1 Å². The number of likely N-dealkylation sites (tertiary alicyclic amines) is 1. The summed E-state index contributed by atoms with van der Waals surface area (Å²) in [5.41, 5.74) is 3.21. The molecule has 1 heterocycles. The van der Waals surface area contributed by atoms with Crippen LogP contribution in [0.4, 0.5) is 4.79 Å². The molecule has 4 heteroatoms. The fourth-order valence-electron chi connectivity index (χ4n) is 3.50. The average molecular weight is 338 g/mol. The summed E-state index contributed by atoms with van der Waals surface area (Å²) in [4.78, 5) is 14.5. The quantitative estimate of drug-likeness (QED) is 0.847. The average Bonchev–Trinajstić information content (AvgIpc) is 3.14. The van der Waals surface area contributed by atoms with Crippen LogP contribution in [0, 0.1) is 0 Å². The highest BCUT2D eigenvalue weighted by molar-refractivity contribution is 5.74. The van der Waals surface area contributed by atoms with Crippen LogP contribution in [0.2, 0.25) is 0 Å². The van der Waals surface area contributed by atoms with E-state index in [0.717, 1.165) is 43.4 Å². The number of hydrogen-bond donors (Lipinski definition) is 2. The number of aryl methyl sites for hydroxylation is 1. The van der Waals surface area contributed by atoms with Gasteiger partial charge in [-0.1, -0.05) is 54.6 Å². The highest BCUT2D eigenvalue weighted by Gasteiger charge is 2.28. The van der Waals surface area contributed by atoms with Crippen LogP contribution < -0.4 is 5.32 Å². The van der Waals surface area contributed by atoms with Crippen LogP contribution in [-0.2, 0) is 19.6 Å². The number of aliphatic hydroxyl groups excluding tert-OH is 1. The van der Waals surface area contributed by atoms with Crippen LogP contribution in [0.5, 0.6) is 0 Å². The third-order valence-electron chi connectivity index (χ3n) is 4.86. The number of hydrogen-bond acceptors (Lipinski definition) is 2. The van der Waals surface area contributed by atoms with Gasteiger partial charge in [-0.15, -0.1) is 0 Å². The van der Waals surface area contributed by atoms with Gasteiger partial charge in [0.15, 0.2) is 0 Å². The lowest BCUT2D eigenvalue weighted by molar-refractivity contribution is 0.189. The van der Waals surface area contributed by atoms with Crippen molar-refractivity contribution in [3.8, 4) is 0 Å². The Morgan fingerprint density at radius 1 is 1.08 bits per heavy atom. The van der Waals surface area contributed by atoms with Gasteiger partial charge in [-0.2, -0.15) is 0 Å². The van der Waals surface area contributed by atoms with Crippen molar-refractivity contribution in [1.29, 1.82) is 0 Å². The Morgan fingerprint density at radius 3 is 2.64 bits per heavy atom. The maximum Gasteiger partial charge on any atom is 0.317 e. The third-order valence-corrected chi connectivity index (χ3v) is 4.86. The van der Waals surface area contributed by atoms with E-state index in [2.05, 4.69) is 29.6 Å². The molecule has 1 saturated heterocycles. The molecule has 1 atom stereocenters. The monoisotopic (exact) mass is 338 g/mol. The zero-order chi connectivity index (χ0) is 17.5. The van der Waals surface area contributed by atoms with Crippen molar-refractivity contribution in [1.82, 2.24) is 10.2 Å². The zero-order valence-electron chi connectivity index (χ0n) is 14.5. The molecule has 1 aliphatic heterocycles. The molecule has 0 aromatic heterocycles. The number of nitrogens with one attached hydrogen (secondary N) is 1. The van der Waals surface area contributed by atoms with Gasteiger partial charge in [0.25, 0.3) is 0 Å². The SMILES string of the molecule is O=C(NCc1cccc(CO)c1)N1CCCC1CCc1ccccc1. The number of carbonyl (C=O) groups is 1. The first-order chi connectivity index (χ1) is 12.3. The fourth-order valence-corrected chi connectivity index (χ4v) is 3.50. The molecule has 2 amide bonds. The highest BCUT2D eigenvalue weighted by Crippen LogP contribution is 2.22. The van der Waals surface area contributed by atoms with Gasteiger partial charge >= 0.3 is 6.03 Å². The summed E-state index contributed by atoms with van der Waals surface area (Å²) in [5, 5.41) is 12.2. The molecule has 2 N–H and O–H groups in total. The van der Waals surface area contributed by atoms with E-state index in [4.69, 9.17) is 0 Å². The number of nitrogens with zero attached hydrogens (tertiary/aromatic N) is 1. The molecule has 0 spiro atoms. The van der Waals surface area contributed by atoms with Crippen molar-refractivity contribution in [2.24, 2.45) is 0 Å². The number of carbonyl (C=O) groups excluding carboxylic acids is 1. The summed E-state index contributed by atoms with van der Waals surface area (Å²) in [5.74, 6) is 0. The molecule has 25 heavy (non-hydrogen) atoms. The smallest absolute Gasteiger partial charge is 0.317 e. The summed E-state index contributed by atoms with van der Waals surface area (Å²) in [6, 6.07) is 18.5. The first-order valence-electron chi connectivity index (χ1n) is 9.03. The van der Waals surface area contributed by atoms with Crippen LogP contribution in [0.25, 0.3) is 0 Å². The van der Waals surface area contributed by atoms with Gasteiger partial charge in [0.2, 0.25) is 0 Å². The second-order valence-corrected chi connectivity index (χ2v) is 6.65. The lowest BCUT2D eigenvalue weighted by Crippen LogP contribution is -2.42. The van der Waals surface area contributed by atoms with Gasteiger partial charge in [-0.25, -0.2) is 4.79 Å². The van der Waals surface area contributed by atoms with Crippen molar-refractivity contribution in [2.75, 3.05) is 6.54 Å². The minimum Gasteiger partial charge on any atom is -0.392 e. The van der Waals surface area contributed by atoms with E-state index in [9.17, 15) is 9.90 Å². The minimum absolute atomic E-state index is 0.0185. The van der Waals surface area contributed by atoms with E-state index in [1.165, 1.54) is 5.56 Å². The van der Waals surface area contributed by atoms with Crippen LogP contribution >= 0.6 is 0 Å². The number of aliphatic hydroxyl groups is 1. The van der Waals surface area contributed by atoms with Gasteiger partial charge in [-0.05, 0) is 42.4 Å². The molecular weight excluding hydrogens is 312 g/mol. The predicted molar refractivity (Wildman–Crippen MR) is 99.1 cm³/mol. The molecule has 0 saturated carbocycles. The molecule has 132 valence electrons. The van der Waals surface area contributed by atoms with E-state index in [-0.39, 0.29) is 12.6 Å². The molecule has 3 rings (SSSR count). The lowest BCUT2D eigenvalue weighted by Gasteiger charge is -2.25. The van der Waals surface area contributed by atoms with Gasteiger partial charge in [0.1, 0.15) is 0 Å². The van der Waals surface area contributed by atoms with Crippen molar-refractivity contribution in [3.63, 3.8) is 0 Å². The standard InChI is InChI=1S/C21H26N2O2/c24-16-19-9-4-8-18(14-19)15-22-21(25)23-13-5-10-20(23)12-11-17-6-2-1-3-7-17/h1-4,6-9,14,20,24H,5,10-13,15-16H2,(H,22,25). The largest absolute Gasteiger partial charge is 0.392 e. The summed E-state index contributed by atoms with van der Waals surface area (Å²) < 4.78 is 0. The Kier molecular flexibility index (Phi) is 6.07. The lowest BCUT2D eigenvalue weighted by atomic mass is 10.0. The molecule has 1 aliphatic rings. The van der Waals surface area contributed by atoms with Crippen LogP contribution in [0.1, 0.15) is 36.0 Å². The molecule has 0 aliphatic carbocycles. The fraction of sp³-hybridized carbons (Fsp3) is 0.381. The second-order valence-electron chi connectivity index (χ2n) is 6.65. The minimum atomic E-state index is 0.0185. The Hall–Kier alpha value is -2.33. The predicted octanol–water partition coefficient (Wildman–Crippen LogP) is 3.49. The van der Waals surface area contributed by atoms with Crippen molar-refractivity contribution in [3.05, 3.63) is 71.3 Å². The number of urea groups is 1. The van der Waals surface area contributed by atoms with Gasteiger partial charge in [0.05, 0.1) is 6.61 Å². The van der Waals surface area contributed by atoms with E-state index in [1.807, 2.05) is 35.2 Å². The van der Waals surface area contributed by atoms with E-state index in [0.29, 0.717) is 12.6 Å². The van der Waals surface area contributed by atoms with Crippen LogP contribution in [-0.4, -0.2) is 28.6 Å². The Morgan fingerprint density at radius 2 is 1.84 bits per heavy atom. The first kappa shape index (κ1) is 17.5. The summed E-state index contributed by atoms with van der Waals surface area (Å²) in [6.07, 6.45) is 4.18. The van der Waals surface area contributed by atoms with E-state index < -0.39 is 0 Å². The summed E-state index contributed by atoms with van der Waals surface area (Å²) in [6.45, 7) is 1.35. The second kappa shape index (κ2) is 8.67. The molecule has 1 unspecified atom stereocenters. The summed E-state index contributed by atoms with van der Waals surface area (Å²) >= 11 is 0. The maximum atomic E-state index is 12.6. The third kappa shape index (κ3) is 4.83. The van der Waals surface area contributed by atoms with Crippen molar-refractivity contribution in [2.45, 2.75) is 44.9 Å². The number of amides is 2. The van der Waals surface area contributed by atoms with Crippen molar-refractivity contribution >= 4 is 6.03 Å².